The zero-order valence-electron chi connectivity index (χ0n) is 13.0. The lowest BCUT2D eigenvalue weighted by molar-refractivity contribution is -0.141. The number of hydrogen-bond donors (Lipinski definition) is 2. The van der Waals surface area contributed by atoms with Gasteiger partial charge in [-0.2, -0.15) is 0 Å². The minimum absolute atomic E-state index is 0.122. The number of aliphatic carboxylic acids is 1. The number of hydrogen-bond acceptors (Lipinski definition) is 3. The highest BCUT2D eigenvalue weighted by Gasteiger charge is 2.36. The van der Waals surface area contributed by atoms with Gasteiger partial charge in [-0.25, -0.2) is 4.79 Å². The zero-order chi connectivity index (χ0) is 15.4. The maximum absolute atomic E-state index is 12.4. The van der Waals surface area contributed by atoms with Crippen LogP contribution in [0.1, 0.15) is 39.5 Å². The molecule has 6 heteroatoms. The third-order valence-electron chi connectivity index (χ3n) is 4.75. The summed E-state index contributed by atoms with van der Waals surface area (Å²) in [4.78, 5) is 27.4. The number of piperidine rings is 1. The van der Waals surface area contributed by atoms with Crippen LogP contribution in [-0.2, 0) is 4.79 Å². The fourth-order valence-electron chi connectivity index (χ4n) is 3.43. The number of rotatable bonds is 5. The molecule has 0 aromatic carbocycles. The van der Waals surface area contributed by atoms with Gasteiger partial charge in [-0.3, -0.25) is 9.69 Å². The molecule has 120 valence electrons. The van der Waals surface area contributed by atoms with Crippen LogP contribution in [0.4, 0.5) is 4.79 Å². The monoisotopic (exact) mass is 297 g/mol. The smallest absolute Gasteiger partial charge is 0.317 e. The molecule has 2 fully saturated rings. The van der Waals surface area contributed by atoms with E-state index in [0.717, 1.165) is 25.9 Å². The van der Waals surface area contributed by atoms with E-state index in [1.54, 1.807) is 11.8 Å². The molecule has 2 N–H and O–H groups in total. The molecule has 2 heterocycles. The summed E-state index contributed by atoms with van der Waals surface area (Å²) in [6.45, 7) is 6.52. The van der Waals surface area contributed by atoms with E-state index in [1.807, 2.05) is 6.92 Å². The van der Waals surface area contributed by atoms with Crippen molar-refractivity contribution in [3.05, 3.63) is 0 Å². The van der Waals surface area contributed by atoms with Crippen LogP contribution >= 0.6 is 0 Å². The Hall–Kier alpha value is -1.30. The minimum atomic E-state index is -0.861. The molecular formula is C15H27N3O3. The fraction of sp³-hybridized carbons (Fsp3) is 0.867. The molecule has 0 bridgehead atoms. The number of nitrogens with one attached hydrogen (secondary N) is 1. The van der Waals surface area contributed by atoms with Crippen molar-refractivity contribution < 1.29 is 14.7 Å². The van der Waals surface area contributed by atoms with Crippen LogP contribution in [0.15, 0.2) is 0 Å². The number of nitrogens with zero attached hydrogens (tertiary/aromatic N) is 2. The summed E-state index contributed by atoms with van der Waals surface area (Å²) in [5.41, 5.74) is 0. The number of fused-ring (bicyclic) bond motifs is 1. The highest BCUT2D eigenvalue weighted by Crippen LogP contribution is 2.27. The van der Waals surface area contributed by atoms with Crippen LogP contribution in [0.25, 0.3) is 0 Å². The van der Waals surface area contributed by atoms with Gasteiger partial charge in [0, 0.05) is 31.7 Å². The average Bonchev–Trinajstić information content (AvgIpc) is 2.87. The predicted octanol–water partition coefficient (Wildman–Crippen LogP) is 1.37. The Kier molecular flexibility index (Phi) is 5.45. The molecule has 2 saturated heterocycles. The highest BCUT2D eigenvalue weighted by molar-refractivity contribution is 5.76. The van der Waals surface area contributed by atoms with E-state index in [-0.39, 0.29) is 18.6 Å². The molecule has 0 saturated carbocycles. The van der Waals surface area contributed by atoms with Crippen LogP contribution in [0.5, 0.6) is 0 Å². The molecule has 3 atom stereocenters. The standard InChI is InChI=1S/C15H27N3O3/c1-3-17(10-11(2)14(19)20)15(21)16-12-7-9-18-8-5-4-6-13(12)18/h11-13H,3-10H2,1-2H3,(H,16,21)(H,19,20). The summed E-state index contributed by atoms with van der Waals surface area (Å²) in [5, 5.41) is 12.1. The van der Waals surface area contributed by atoms with Crippen LogP contribution in [-0.4, -0.2) is 65.2 Å². The van der Waals surface area contributed by atoms with Crippen molar-refractivity contribution in [3.8, 4) is 0 Å². The van der Waals surface area contributed by atoms with Gasteiger partial charge in [0.1, 0.15) is 0 Å². The van der Waals surface area contributed by atoms with Crippen molar-refractivity contribution >= 4 is 12.0 Å². The second kappa shape index (κ2) is 7.11. The molecule has 0 spiro atoms. The first kappa shape index (κ1) is 16.1. The van der Waals surface area contributed by atoms with Crippen molar-refractivity contribution in [1.29, 1.82) is 0 Å². The molecule has 0 aliphatic carbocycles. The Bertz CT molecular complexity index is 388. The van der Waals surface area contributed by atoms with Gasteiger partial charge in [0.15, 0.2) is 0 Å². The third-order valence-corrected chi connectivity index (χ3v) is 4.75. The molecule has 0 radical (unpaired) electrons. The summed E-state index contributed by atoms with van der Waals surface area (Å²) in [6, 6.07) is 0.563. The third kappa shape index (κ3) is 3.87. The molecule has 6 nitrogen and oxygen atoms in total. The summed E-state index contributed by atoms with van der Waals surface area (Å²) in [6.07, 6.45) is 4.65. The van der Waals surface area contributed by atoms with Crippen molar-refractivity contribution in [2.45, 2.75) is 51.6 Å². The Balaban J connectivity index is 1.88. The summed E-state index contributed by atoms with van der Waals surface area (Å²) in [5.74, 6) is -1.40. The van der Waals surface area contributed by atoms with Crippen molar-refractivity contribution in [2.75, 3.05) is 26.2 Å². The number of carbonyl (C=O) groups is 2. The summed E-state index contributed by atoms with van der Waals surface area (Å²) in [7, 11) is 0. The van der Waals surface area contributed by atoms with Gasteiger partial charge in [0.25, 0.3) is 0 Å². The van der Waals surface area contributed by atoms with Crippen LogP contribution in [0.2, 0.25) is 0 Å². The lowest BCUT2D eigenvalue weighted by atomic mass is 9.99. The highest BCUT2D eigenvalue weighted by atomic mass is 16.4. The predicted molar refractivity (Wildman–Crippen MR) is 80.2 cm³/mol. The van der Waals surface area contributed by atoms with Crippen molar-refractivity contribution in [2.24, 2.45) is 5.92 Å². The maximum atomic E-state index is 12.4. The molecule has 2 amide bonds. The molecular weight excluding hydrogens is 270 g/mol. The molecule has 0 aromatic rings. The van der Waals surface area contributed by atoms with E-state index in [0.29, 0.717) is 12.6 Å². The van der Waals surface area contributed by atoms with Gasteiger partial charge in [0.05, 0.1) is 5.92 Å². The molecule has 2 aliphatic heterocycles. The van der Waals surface area contributed by atoms with Crippen LogP contribution in [0, 0.1) is 5.92 Å². The molecule has 2 rings (SSSR count). The minimum Gasteiger partial charge on any atom is -0.481 e. The van der Waals surface area contributed by atoms with Crippen LogP contribution in [0.3, 0.4) is 0 Å². The summed E-state index contributed by atoms with van der Waals surface area (Å²) >= 11 is 0. The largest absolute Gasteiger partial charge is 0.481 e. The maximum Gasteiger partial charge on any atom is 0.317 e. The second-order valence-corrected chi connectivity index (χ2v) is 6.22. The number of urea groups is 1. The van der Waals surface area contributed by atoms with Gasteiger partial charge < -0.3 is 15.3 Å². The Labute approximate surface area is 126 Å². The van der Waals surface area contributed by atoms with Crippen LogP contribution < -0.4 is 5.32 Å². The molecule has 2 aliphatic rings. The first-order valence-corrected chi connectivity index (χ1v) is 8.05. The SMILES string of the molecule is CCN(CC(C)C(=O)O)C(=O)NC1CCN2CCCCC12. The number of carboxylic acids is 1. The van der Waals surface area contributed by atoms with E-state index in [2.05, 4.69) is 10.2 Å². The Morgan fingerprint density at radius 3 is 2.76 bits per heavy atom. The topological polar surface area (TPSA) is 72.9 Å². The van der Waals surface area contributed by atoms with Gasteiger partial charge in [-0.1, -0.05) is 13.3 Å². The van der Waals surface area contributed by atoms with Gasteiger partial charge in [0.2, 0.25) is 0 Å². The molecule has 3 unspecified atom stereocenters. The molecule has 0 aromatic heterocycles. The van der Waals surface area contributed by atoms with Crippen molar-refractivity contribution in [1.82, 2.24) is 15.1 Å². The quantitative estimate of drug-likeness (QED) is 0.804. The lowest BCUT2D eigenvalue weighted by Crippen LogP contribution is -2.51. The Morgan fingerprint density at radius 1 is 1.33 bits per heavy atom. The zero-order valence-corrected chi connectivity index (χ0v) is 13.0. The van der Waals surface area contributed by atoms with Gasteiger partial charge >= 0.3 is 12.0 Å². The molecule has 21 heavy (non-hydrogen) atoms. The van der Waals surface area contributed by atoms with Gasteiger partial charge in [-0.15, -0.1) is 0 Å². The fourth-order valence-corrected chi connectivity index (χ4v) is 3.43. The van der Waals surface area contributed by atoms with Gasteiger partial charge in [-0.05, 0) is 32.7 Å². The number of carbonyl (C=O) groups excluding carboxylic acids is 1. The first-order chi connectivity index (χ1) is 10.0. The second-order valence-electron chi connectivity index (χ2n) is 6.22. The van der Waals surface area contributed by atoms with E-state index in [9.17, 15) is 9.59 Å². The van der Waals surface area contributed by atoms with E-state index >= 15 is 0 Å². The van der Waals surface area contributed by atoms with Crippen molar-refractivity contribution in [3.63, 3.8) is 0 Å². The van der Waals surface area contributed by atoms with E-state index in [1.165, 1.54) is 12.8 Å². The average molecular weight is 297 g/mol. The normalized spacial score (nSPS) is 27.0. The Morgan fingerprint density at radius 2 is 2.10 bits per heavy atom. The number of carboxylic acid groups (broad SMARTS) is 1. The van der Waals surface area contributed by atoms with E-state index < -0.39 is 11.9 Å². The number of amides is 2. The lowest BCUT2D eigenvalue weighted by Gasteiger charge is -2.33. The first-order valence-electron chi connectivity index (χ1n) is 8.05. The summed E-state index contributed by atoms with van der Waals surface area (Å²) < 4.78 is 0. The van der Waals surface area contributed by atoms with E-state index in [4.69, 9.17) is 5.11 Å².